The number of nitrogens with one attached hydrogen (secondary N) is 1. The summed E-state index contributed by atoms with van der Waals surface area (Å²) in [4.78, 5) is 15.7. The lowest BCUT2D eigenvalue weighted by atomic mass is 9.82. The van der Waals surface area contributed by atoms with Crippen LogP contribution in [0, 0.1) is 5.41 Å². The van der Waals surface area contributed by atoms with Gasteiger partial charge in [0, 0.05) is 31.0 Å². The van der Waals surface area contributed by atoms with E-state index in [0.29, 0.717) is 25.9 Å². The Morgan fingerprint density at radius 3 is 2.40 bits per heavy atom. The highest BCUT2D eigenvalue weighted by molar-refractivity contribution is 5.74. The molecule has 0 fully saturated rings. The molecule has 0 aliphatic heterocycles. The van der Waals surface area contributed by atoms with E-state index in [-0.39, 0.29) is 0 Å². The van der Waals surface area contributed by atoms with Gasteiger partial charge in [-0.05, 0) is 48.2 Å². The van der Waals surface area contributed by atoms with Crippen LogP contribution in [0.4, 0.5) is 0 Å². The molecular formula is C20H26N2O3. The molecule has 25 heavy (non-hydrogen) atoms. The maximum absolute atomic E-state index is 11.6. The Morgan fingerprint density at radius 2 is 1.84 bits per heavy atom. The van der Waals surface area contributed by atoms with Gasteiger partial charge in [0.05, 0.1) is 12.5 Å². The maximum atomic E-state index is 11.6. The van der Waals surface area contributed by atoms with Crippen molar-refractivity contribution in [2.45, 2.75) is 33.2 Å². The Kier molecular flexibility index (Phi) is 6.53. The van der Waals surface area contributed by atoms with Crippen LogP contribution in [0.1, 0.15) is 32.3 Å². The molecule has 0 saturated carbocycles. The van der Waals surface area contributed by atoms with Crippen LogP contribution in [0.15, 0.2) is 42.7 Å². The van der Waals surface area contributed by atoms with Crippen LogP contribution in [0.5, 0.6) is 5.75 Å². The number of hydrogen-bond donors (Lipinski definition) is 2. The lowest BCUT2D eigenvalue weighted by Crippen LogP contribution is -2.40. The van der Waals surface area contributed by atoms with Crippen molar-refractivity contribution >= 4 is 5.97 Å². The molecule has 1 heterocycles. The molecule has 5 nitrogen and oxygen atoms in total. The summed E-state index contributed by atoms with van der Waals surface area (Å²) in [5, 5.41) is 12.8. The molecule has 5 heteroatoms. The van der Waals surface area contributed by atoms with Gasteiger partial charge in [-0.15, -0.1) is 0 Å². The molecule has 0 aliphatic rings. The zero-order valence-corrected chi connectivity index (χ0v) is 15.1. The predicted octanol–water partition coefficient (Wildman–Crippen LogP) is 3.74. The molecule has 0 atom stereocenters. The first-order valence-electron chi connectivity index (χ1n) is 8.57. The van der Waals surface area contributed by atoms with Gasteiger partial charge in [-0.3, -0.25) is 9.78 Å². The quantitative estimate of drug-likeness (QED) is 0.726. The van der Waals surface area contributed by atoms with Gasteiger partial charge in [0.25, 0.3) is 0 Å². The standard InChI is InChI=1S/C20H26N2O3/c1-4-20(5-2,19(23)24)14-22-13-17-12-16(6-7-18(17)25-3)15-8-10-21-11-9-15/h6-12,22H,4-5,13-14H2,1-3H3,(H,23,24). The molecule has 134 valence electrons. The smallest absolute Gasteiger partial charge is 0.310 e. The van der Waals surface area contributed by atoms with E-state index >= 15 is 0 Å². The SMILES string of the molecule is CCC(CC)(CNCc1cc(-c2ccncc2)ccc1OC)C(=O)O. The molecule has 0 saturated heterocycles. The predicted molar refractivity (Wildman–Crippen MR) is 98.6 cm³/mol. The number of carboxylic acids is 1. The zero-order valence-electron chi connectivity index (χ0n) is 15.1. The van der Waals surface area contributed by atoms with E-state index in [9.17, 15) is 9.90 Å². The fourth-order valence-electron chi connectivity index (χ4n) is 2.96. The number of hydrogen-bond acceptors (Lipinski definition) is 4. The number of methoxy groups -OCH3 is 1. The number of carboxylic acid groups (broad SMARTS) is 1. The number of rotatable bonds is 9. The summed E-state index contributed by atoms with van der Waals surface area (Å²) in [5.74, 6) is 0.0433. The topological polar surface area (TPSA) is 71.5 Å². The van der Waals surface area contributed by atoms with E-state index in [1.165, 1.54) is 0 Å². The number of aromatic nitrogens is 1. The highest BCUT2D eigenvalue weighted by Gasteiger charge is 2.34. The van der Waals surface area contributed by atoms with Crippen LogP contribution in [0.2, 0.25) is 0 Å². The van der Waals surface area contributed by atoms with E-state index in [0.717, 1.165) is 22.4 Å². The third-order valence-electron chi connectivity index (χ3n) is 4.88. The third-order valence-corrected chi connectivity index (χ3v) is 4.88. The Hall–Kier alpha value is -2.40. The molecule has 0 unspecified atom stereocenters. The van der Waals surface area contributed by atoms with Crippen molar-refractivity contribution < 1.29 is 14.6 Å². The second-order valence-corrected chi connectivity index (χ2v) is 6.16. The number of pyridine rings is 1. The number of ether oxygens (including phenoxy) is 1. The van der Waals surface area contributed by atoms with Crippen LogP contribution >= 0.6 is 0 Å². The zero-order chi connectivity index (χ0) is 18.3. The Labute approximate surface area is 149 Å². The van der Waals surface area contributed by atoms with E-state index in [2.05, 4.69) is 16.4 Å². The Balaban J connectivity index is 2.17. The summed E-state index contributed by atoms with van der Waals surface area (Å²) in [6, 6.07) is 9.95. The largest absolute Gasteiger partial charge is 0.496 e. The Bertz CT molecular complexity index is 697. The summed E-state index contributed by atoms with van der Waals surface area (Å²) in [7, 11) is 1.64. The average Bonchev–Trinajstić information content (AvgIpc) is 2.66. The van der Waals surface area contributed by atoms with Crippen molar-refractivity contribution in [3.8, 4) is 16.9 Å². The third kappa shape index (κ3) is 4.37. The van der Waals surface area contributed by atoms with Crippen molar-refractivity contribution in [1.29, 1.82) is 0 Å². The minimum atomic E-state index is -0.748. The van der Waals surface area contributed by atoms with Crippen molar-refractivity contribution in [2.75, 3.05) is 13.7 Å². The maximum Gasteiger partial charge on any atom is 0.310 e. The molecule has 1 aromatic carbocycles. The highest BCUT2D eigenvalue weighted by atomic mass is 16.5. The van der Waals surface area contributed by atoms with Gasteiger partial charge < -0.3 is 15.2 Å². The van der Waals surface area contributed by atoms with E-state index in [4.69, 9.17) is 4.74 Å². The number of aliphatic carboxylic acids is 1. The second-order valence-electron chi connectivity index (χ2n) is 6.16. The molecule has 1 aromatic heterocycles. The molecule has 2 N–H and O–H groups in total. The summed E-state index contributed by atoms with van der Waals surface area (Å²) in [6.45, 7) is 4.82. The van der Waals surface area contributed by atoms with E-state index in [1.54, 1.807) is 19.5 Å². The van der Waals surface area contributed by atoms with Gasteiger partial charge in [-0.25, -0.2) is 0 Å². The minimum Gasteiger partial charge on any atom is -0.496 e. The first kappa shape index (κ1) is 18.9. The summed E-state index contributed by atoms with van der Waals surface area (Å²) >= 11 is 0. The fraction of sp³-hybridized carbons (Fsp3) is 0.400. The highest BCUT2D eigenvalue weighted by Crippen LogP contribution is 2.28. The number of benzene rings is 1. The van der Waals surface area contributed by atoms with Gasteiger partial charge >= 0.3 is 5.97 Å². The first-order chi connectivity index (χ1) is 12.1. The van der Waals surface area contributed by atoms with Crippen molar-refractivity contribution in [3.63, 3.8) is 0 Å². The lowest BCUT2D eigenvalue weighted by Gasteiger charge is -2.27. The monoisotopic (exact) mass is 342 g/mol. The molecule has 2 aromatic rings. The van der Waals surface area contributed by atoms with Gasteiger partial charge in [-0.2, -0.15) is 0 Å². The van der Waals surface area contributed by atoms with Crippen LogP contribution in [-0.2, 0) is 11.3 Å². The van der Waals surface area contributed by atoms with Crippen LogP contribution in [-0.4, -0.2) is 29.7 Å². The molecular weight excluding hydrogens is 316 g/mol. The normalized spacial score (nSPS) is 11.3. The van der Waals surface area contributed by atoms with Crippen molar-refractivity contribution in [3.05, 3.63) is 48.3 Å². The van der Waals surface area contributed by atoms with Gasteiger partial charge in [0.15, 0.2) is 0 Å². The number of carbonyl (C=O) groups is 1. The van der Waals surface area contributed by atoms with Crippen molar-refractivity contribution in [1.82, 2.24) is 10.3 Å². The molecule has 0 amide bonds. The summed E-state index contributed by atoms with van der Waals surface area (Å²) < 4.78 is 5.45. The van der Waals surface area contributed by atoms with Crippen LogP contribution < -0.4 is 10.1 Å². The van der Waals surface area contributed by atoms with Gasteiger partial charge in [-0.1, -0.05) is 19.9 Å². The molecule has 0 aliphatic carbocycles. The van der Waals surface area contributed by atoms with Crippen LogP contribution in [0.3, 0.4) is 0 Å². The molecule has 0 bridgehead atoms. The second kappa shape index (κ2) is 8.62. The lowest BCUT2D eigenvalue weighted by molar-refractivity contribution is -0.149. The molecule has 2 rings (SSSR count). The molecule has 0 spiro atoms. The Morgan fingerprint density at radius 1 is 1.16 bits per heavy atom. The van der Waals surface area contributed by atoms with E-state index < -0.39 is 11.4 Å². The average molecular weight is 342 g/mol. The van der Waals surface area contributed by atoms with Crippen LogP contribution in [0.25, 0.3) is 11.1 Å². The summed E-state index contributed by atoms with van der Waals surface area (Å²) in [6.07, 6.45) is 4.72. The summed E-state index contributed by atoms with van der Waals surface area (Å²) in [5.41, 5.74) is 2.44. The minimum absolute atomic E-state index is 0.429. The van der Waals surface area contributed by atoms with Gasteiger partial charge in [0.1, 0.15) is 5.75 Å². The molecule has 0 radical (unpaired) electrons. The van der Waals surface area contributed by atoms with E-state index in [1.807, 2.05) is 38.1 Å². The number of nitrogens with zero attached hydrogens (tertiary/aromatic N) is 1. The van der Waals surface area contributed by atoms with Gasteiger partial charge in [0.2, 0.25) is 0 Å². The first-order valence-corrected chi connectivity index (χ1v) is 8.57. The van der Waals surface area contributed by atoms with Crippen molar-refractivity contribution in [2.24, 2.45) is 5.41 Å². The fourth-order valence-corrected chi connectivity index (χ4v) is 2.96.